The number of hydrogen-bond donors (Lipinski definition) is 1. The highest BCUT2D eigenvalue weighted by Gasteiger charge is 1.98. The predicted molar refractivity (Wildman–Crippen MR) is 73.4 cm³/mol. The van der Waals surface area contributed by atoms with E-state index in [9.17, 15) is 4.79 Å². The molecule has 16 heavy (non-hydrogen) atoms. The minimum atomic E-state index is -0.0345. The molecule has 2 rings (SSSR count). The Kier molecular flexibility index (Phi) is 3.28. The molecular formula is C12H11IN2O. The van der Waals surface area contributed by atoms with E-state index in [0.29, 0.717) is 12.2 Å². The molecule has 4 heteroatoms. The molecule has 0 spiro atoms. The van der Waals surface area contributed by atoms with Crippen molar-refractivity contribution >= 4 is 28.3 Å². The largest absolute Gasteiger partial charge is 0.398 e. The van der Waals surface area contributed by atoms with Gasteiger partial charge in [-0.3, -0.25) is 4.79 Å². The number of anilines is 1. The first-order valence-electron chi connectivity index (χ1n) is 4.85. The first-order valence-corrected chi connectivity index (χ1v) is 5.93. The van der Waals surface area contributed by atoms with Gasteiger partial charge in [0.1, 0.15) is 0 Å². The van der Waals surface area contributed by atoms with Crippen molar-refractivity contribution in [2.24, 2.45) is 0 Å². The van der Waals surface area contributed by atoms with E-state index in [1.807, 2.05) is 24.3 Å². The molecule has 0 aliphatic heterocycles. The van der Waals surface area contributed by atoms with E-state index in [4.69, 9.17) is 5.73 Å². The Balaban J connectivity index is 2.30. The molecule has 2 aromatic rings. The molecule has 1 heterocycles. The van der Waals surface area contributed by atoms with Crippen LogP contribution in [0.1, 0.15) is 5.56 Å². The highest BCUT2D eigenvalue weighted by atomic mass is 127. The van der Waals surface area contributed by atoms with Crippen LogP contribution in [-0.2, 0) is 6.54 Å². The monoisotopic (exact) mass is 326 g/mol. The molecule has 0 bridgehead atoms. The number of nitrogen functional groups attached to an aromatic ring is 1. The maximum atomic E-state index is 11.5. The van der Waals surface area contributed by atoms with Gasteiger partial charge in [-0.2, -0.15) is 0 Å². The number of hydrogen-bond acceptors (Lipinski definition) is 2. The van der Waals surface area contributed by atoms with Crippen LogP contribution in [0.5, 0.6) is 0 Å². The van der Waals surface area contributed by atoms with Crippen molar-refractivity contribution in [3.63, 3.8) is 0 Å². The lowest BCUT2D eigenvalue weighted by Crippen LogP contribution is -2.19. The van der Waals surface area contributed by atoms with Crippen molar-refractivity contribution < 1.29 is 0 Å². The summed E-state index contributed by atoms with van der Waals surface area (Å²) in [6, 6.07) is 11.2. The molecule has 2 N–H and O–H groups in total. The topological polar surface area (TPSA) is 48.0 Å². The van der Waals surface area contributed by atoms with Gasteiger partial charge in [0, 0.05) is 21.5 Å². The number of halogens is 1. The quantitative estimate of drug-likeness (QED) is 0.859. The van der Waals surface area contributed by atoms with E-state index < -0.39 is 0 Å². The molecule has 0 unspecified atom stereocenters. The van der Waals surface area contributed by atoms with Crippen molar-refractivity contribution in [3.8, 4) is 0 Å². The number of nitrogens with zero attached hydrogens (tertiary/aromatic N) is 1. The lowest BCUT2D eigenvalue weighted by molar-refractivity contribution is 0.761. The maximum absolute atomic E-state index is 11.5. The van der Waals surface area contributed by atoms with Crippen LogP contribution in [0.4, 0.5) is 5.69 Å². The van der Waals surface area contributed by atoms with Gasteiger partial charge in [-0.05, 0) is 46.4 Å². The van der Waals surface area contributed by atoms with Gasteiger partial charge in [-0.25, -0.2) is 0 Å². The predicted octanol–water partition coefficient (Wildman–Crippen LogP) is 2.08. The van der Waals surface area contributed by atoms with Gasteiger partial charge in [0.2, 0.25) is 0 Å². The van der Waals surface area contributed by atoms with Crippen molar-refractivity contribution in [3.05, 3.63) is 62.1 Å². The molecule has 82 valence electrons. The number of rotatable bonds is 2. The summed E-state index contributed by atoms with van der Waals surface area (Å²) >= 11 is 2.25. The fourth-order valence-electron chi connectivity index (χ4n) is 1.46. The minimum Gasteiger partial charge on any atom is -0.398 e. The zero-order valence-corrected chi connectivity index (χ0v) is 10.7. The van der Waals surface area contributed by atoms with E-state index in [1.54, 1.807) is 16.8 Å². The summed E-state index contributed by atoms with van der Waals surface area (Å²) in [4.78, 5) is 11.5. The third-order valence-corrected chi connectivity index (χ3v) is 2.99. The first-order chi connectivity index (χ1) is 7.65. The second-order valence-electron chi connectivity index (χ2n) is 3.56. The van der Waals surface area contributed by atoms with Crippen LogP contribution in [0.3, 0.4) is 0 Å². The van der Waals surface area contributed by atoms with Crippen molar-refractivity contribution in [2.45, 2.75) is 6.54 Å². The van der Waals surface area contributed by atoms with Crippen LogP contribution in [-0.4, -0.2) is 4.57 Å². The molecule has 1 aromatic carbocycles. The van der Waals surface area contributed by atoms with Gasteiger partial charge in [-0.1, -0.05) is 12.1 Å². The lowest BCUT2D eigenvalue weighted by Gasteiger charge is -2.06. The summed E-state index contributed by atoms with van der Waals surface area (Å²) in [7, 11) is 0. The van der Waals surface area contributed by atoms with Crippen molar-refractivity contribution in [1.82, 2.24) is 4.57 Å². The highest BCUT2D eigenvalue weighted by Crippen LogP contribution is 2.08. The molecule has 0 radical (unpaired) electrons. The summed E-state index contributed by atoms with van der Waals surface area (Å²) in [6.07, 6.45) is 1.67. The number of aromatic nitrogens is 1. The van der Waals surface area contributed by atoms with Gasteiger partial charge in [0.05, 0.1) is 6.54 Å². The van der Waals surface area contributed by atoms with Crippen molar-refractivity contribution in [1.29, 1.82) is 0 Å². The summed E-state index contributed by atoms with van der Waals surface area (Å²) in [5.41, 5.74) is 7.30. The van der Waals surface area contributed by atoms with Gasteiger partial charge >= 0.3 is 0 Å². The standard InChI is InChI=1S/C12H11IN2O/c13-10-3-1-9(2-4-10)7-15-8-11(14)5-6-12(15)16/h1-6,8H,7,14H2. The highest BCUT2D eigenvalue weighted by molar-refractivity contribution is 14.1. The van der Waals surface area contributed by atoms with Crippen LogP contribution < -0.4 is 11.3 Å². The minimum absolute atomic E-state index is 0.0345. The number of nitrogens with two attached hydrogens (primary N) is 1. The fraction of sp³-hybridized carbons (Fsp3) is 0.0833. The van der Waals surface area contributed by atoms with Crippen molar-refractivity contribution in [2.75, 3.05) is 5.73 Å². The Bertz CT molecular complexity index is 546. The van der Waals surface area contributed by atoms with Crippen LogP contribution in [0.15, 0.2) is 47.4 Å². The zero-order chi connectivity index (χ0) is 11.5. The van der Waals surface area contributed by atoms with Crippen LogP contribution in [0.2, 0.25) is 0 Å². The summed E-state index contributed by atoms with van der Waals surface area (Å²) in [6.45, 7) is 0.556. The van der Waals surface area contributed by atoms with Crippen LogP contribution in [0, 0.1) is 3.57 Å². The molecule has 1 aromatic heterocycles. The molecule has 0 aliphatic rings. The maximum Gasteiger partial charge on any atom is 0.250 e. The van der Waals surface area contributed by atoms with Gasteiger partial charge < -0.3 is 10.3 Å². The number of benzene rings is 1. The average molecular weight is 326 g/mol. The van der Waals surface area contributed by atoms with E-state index in [0.717, 1.165) is 5.56 Å². The second-order valence-corrected chi connectivity index (χ2v) is 4.80. The summed E-state index contributed by atoms with van der Waals surface area (Å²) in [5, 5.41) is 0. The van der Waals surface area contributed by atoms with Gasteiger partial charge in [-0.15, -0.1) is 0 Å². The Labute approximate surface area is 107 Å². The first kappa shape index (κ1) is 11.2. The van der Waals surface area contributed by atoms with Crippen LogP contribution >= 0.6 is 22.6 Å². The van der Waals surface area contributed by atoms with Crippen LogP contribution in [0.25, 0.3) is 0 Å². The summed E-state index contributed by atoms with van der Waals surface area (Å²) < 4.78 is 2.79. The molecular weight excluding hydrogens is 315 g/mol. The lowest BCUT2D eigenvalue weighted by atomic mass is 10.2. The average Bonchev–Trinajstić information content (AvgIpc) is 2.27. The Morgan fingerprint density at radius 1 is 1.12 bits per heavy atom. The molecule has 0 amide bonds. The van der Waals surface area contributed by atoms with E-state index in [-0.39, 0.29) is 5.56 Å². The third kappa shape index (κ3) is 2.63. The second kappa shape index (κ2) is 4.69. The Morgan fingerprint density at radius 2 is 1.81 bits per heavy atom. The molecule has 0 aliphatic carbocycles. The Morgan fingerprint density at radius 3 is 2.50 bits per heavy atom. The SMILES string of the molecule is Nc1ccc(=O)n(Cc2ccc(I)cc2)c1. The number of pyridine rings is 1. The molecule has 0 atom stereocenters. The van der Waals surface area contributed by atoms with Gasteiger partial charge in [0.25, 0.3) is 5.56 Å². The molecule has 0 saturated heterocycles. The fourth-order valence-corrected chi connectivity index (χ4v) is 1.82. The smallest absolute Gasteiger partial charge is 0.250 e. The third-order valence-electron chi connectivity index (χ3n) is 2.27. The molecule has 0 saturated carbocycles. The molecule has 3 nitrogen and oxygen atoms in total. The van der Waals surface area contributed by atoms with E-state index in [1.165, 1.54) is 9.64 Å². The Hall–Kier alpha value is -1.30. The van der Waals surface area contributed by atoms with Gasteiger partial charge in [0.15, 0.2) is 0 Å². The van der Waals surface area contributed by atoms with E-state index in [2.05, 4.69) is 22.6 Å². The zero-order valence-electron chi connectivity index (χ0n) is 8.56. The van der Waals surface area contributed by atoms with E-state index >= 15 is 0 Å². The normalized spacial score (nSPS) is 10.3. The summed E-state index contributed by atoms with van der Waals surface area (Å²) in [5.74, 6) is 0. The molecule has 0 fully saturated rings.